The summed E-state index contributed by atoms with van der Waals surface area (Å²) < 4.78 is 0. The normalized spacial score (nSPS) is 15.7. The van der Waals surface area contributed by atoms with Crippen LogP contribution in [0.5, 0.6) is 0 Å². The Balaban J connectivity index is 1.77. The number of aromatic amines is 1. The van der Waals surface area contributed by atoms with Crippen LogP contribution in [0.15, 0.2) is 30.5 Å². The van der Waals surface area contributed by atoms with E-state index < -0.39 is 90.5 Å². The lowest BCUT2D eigenvalue weighted by Gasteiger charge is -2.30. The first kappa shape index (κ1) is 45.9. The van der Waals surface area contributed by atoms with E-state index in [9.17, 15) is 43.5 Å². The number of amides is 7. The van der Waals surface area contributed by atoms with Crippen molar-refractivity contribution in [1.82, 2.24) is 41.8 Å². The summed E-state index contributed by atoms with van der Waals surface area (Å²) in [5.41, 5.74) is 12.0. The van der Waals surface area contributed by atoms with Gasteiger partial charge in [0.15, 0.2) is 5.96 Å². The number of hydrogen-bond acceptors (Lipinski definition) is 11. The number of primary amides is 1. The molecule has 1 saturated heterocycles. The molecular weight excluding hydrogens is 783 g/mol. The van der Waals surface area contributed by atoms with Gasteiger partial charge in [-0.05, 0) is 49.5 Å². The molecule has 1 aromatic heterocycles. The van der Waals surface area contributed by atoms with Gasteiger partial charge < -0.3 is 58.4 Å². The number of benzene rings is 1. The summed E-state index contributed by atoms with van der Waals surface area (Å²) in [4.78, 5) is 108. The van der Waals surface area contributed by atoms with E-state index in [0.29, 0.717) is 31.4 Å². The molecule has 2 aromatic rings. The molecule has 22 heteroatoms. The lowest BCUT2D eigenvalue weighted by atomic mass is 10.0. The number of thiol groups is 2. The number of hydrogen-bond donors (Lipinski definition) is 13. The number of rotatable bonds is 23. The topological polar surface area (TPSA) is 324 Å². The maximum atomic E-state index is 14.2. The van der Waals surface area contributed by atoms with Crippen molar-refractivity contribution in [3.63, 3.8) is 0 Å². The number of nitrogens with one attached hydrogen (secondary N) is 8. The van der Waals surface area contributed by atoms with Gasteiger partial charge in [-0.25, -0.2) is 0 Å². The molecule has 0 saturated carbocycles. The molecule has 0 radical (unpaired) electrons. The van der Waals surface area contributed by atoms with Crippen molar-refractivity contribution in [2.24, 2.45) is 11.5 Å². The van der Waals surface area contributed by atoms with Crippen molar-refractivity contribution < 1.29 is 43.5 Å². The van der Waals surface area contributed by atoms with Crippen molar-refractivity contribution in [3.05, 3.63) is 36.0 Å². The molecule has 0 unspecified atom stereocenters. The van der Waals surface area contributed by atoms with Crippen LogP contribution in [0.3, 0.4) is 0 Å². The summed E-state index contributed by atoms with van der Waals surface area (Å²) in [5.74, 6) is -6.72. The predicted molar refractivity (Wildman–Crippen MR) is 215 cm³/mol. The number of nitrogens with two attached hydrogens (primary N) is 2. The monoisotopic (exact) mass is 833 g/mol. The van der Waals surface area contributed by atoms with Crippen molar-refractivity contribution >= 4 is 89.4 Å². The minimum absolute atomic E-state index is 0.0342. The second-order valence-electron chi connectivity index (χ2n) is 13.3. The first-order chi connectivity index (χ1) is 27.1. The Hall–Kier alpha value is -5.51. The van der Waals surface area contributed by atoms with Crippen LogP contribution in [-0.2, 0) is 44.8 Å². The summed E-state index contributed by atoms with van der Waals surface area (Å²) >= 11 is 8.09. The zero-order valence-corrected chi connectivity index (χ0v) is 33.0. The standard InChI is InChI=1S/C35H51N11O9S2/c36-30(51)25(18-57)45-33(54)26-9-5-12-46(26)34(55)24(14-19-16-40-21-7-2-1-6-20(19)21)44-32(53)23(15-29(49)50)43-28(48)17-41-31(52)22(42-27(47)10-13-56)8-3-4-11-39-35(37)38/h1-2,6-7,16,22-26,40,56-57H,3-5,8-15,17-18H2,(H2,36,51)(H,41,52)(H,42,47)(H,43,48)(H,44,53)(H,45,54)(H,49,50)(H4,37,38,39)/t22-,23-,24-,25-,26-/m0/s1. The SMILES string of the molecule is N=C(N)NCCCC[C@H](NC(=O)CCS)C(=O)NCC(=O)N[C@@H](CC(=O)O)C(=O)N[C@@H](Cc1c[nH]c2ccccc12)C(=O)N1CCC[C@H]1C(=O)N[C@@H](CS)C(N)=O. The van der Waals surface area contributed by atoms with Crippen LogP contribution >= 0.6 is 25.3 Å². The molecule has 2 heterocycles. The molecule has 7 amide bonds. The number of unbranched alkanes of at least 4 members (excludes halogenated alkanes) is 1. The van der Waals surface area contributed by atoms with Gasteiger partial charge in [0.1, 0.15) is 30.2 Å². The Kier molecular flexibility index (Phi) is 18.4. The fourth-order valence-corrected chi connectivity index (χ4v) is 6.70. The van der Waals surface area contributed by atoms with E-state index in [1.54, 1.807) is 12.3 Å². The predicted octanol–water partition coefficient (Wildman–Crippen LogP) is -2.38. The molecule has 5 atom stereocenters. The zero-order chi connectivity index (χ0) is 42.1. The minimum Gasteiger partial charge on any atom is -0.481 e. The number of H-pyrrole nitrogens is 1. The minimum atomic E-state index is -1.70. The van der Waals surface area contributed by atoms with E-state index in [-0.39, 0.29) is 49.7 Å². The van der Waals surface area contributed by atoms with E-state index in [4.69, 9.17) is 16.9 Å². The molecule has 0 bridgehead atoms. The van der Waals surface area contributed by atoms with E-state index >= 15 is 0 Å². The highest BCUT2D eigenvalue weighted by molar-refractivity contribution is 7.80. The molecule has 1 aliphatic heterocycles. The second-order valence-corrected chi connectivity index (χ2v) is 14.1. The van der Waals surface area contributed by atoms with Crippen LogP contribution in [0.1, 0.15) is 50.5 Å². The Morgan fingerprint density at radius 3 is 2.28 bits per heavy atom. The molecule has 13 N–H and O–H groups in total. The van der Waals surface area contributed by atoms with Gasteiger partial charge in [-0.3, -0.25) is 43.8 Å². The van der Waals surface area contributed by atoms with Gasteiger partial charge in [0.2, 0.25) is 41.4 Å². The largest absolute Gasteiger partial charge is 0.481 e. The van der Waals surface area contributed by atoms with Gasteiger partial charge in [-0.15, -0.1) is 0 Å². The fourth-order valence-electron chi connectivity index (χ4n) is 6.22. The molecule has 1 fully saturated rings. The number of fused-ring (bicyclic) bond motifs is 1. The highest BCUT2D eigenvalue weighted by Gasteiger charge is 2.39. The number of carbonyl (C=O) groups is 8. The smallest absolute Gasteiger partial charge is 0.305 e. The quantitative estimate of drug-likeness (QED) is 0.0243. The van der Waals surface area contributed by atoms with Gasteiger partial charge >= 0.3 is 5.97 Å². The maximum Gasteiger partial charge on any atom is 0.305 e. The van der Waals surface area contributed by atoms with Crippen LogP contribution in [0.2, 0.25) is 0 Å². The molecule has 57 heavy (non-hydrogen) atoms. The summed E-state index contributed by atoms with van der Waals surface area (Å²) in [5, 5.41) is 32.7. The number of likely N-dealkylation sites (tertiary alicyclic amines) is 1. The molecule has 0 aliphatic carbocycles. The maximum absolute atomic E-state index is 14.2. The Labute approximate surface area is 339 Å². The second kappa shape index (κ2) is 22.9. The first-order valence-corrected chi connectivity index (χ1v) is 19.5. The van der Waals surface area contributed by atoms with Gasteiger partial charge in [-0.2, -0.15) is 25.3 Å². The van der Waals surface area contributed by atoms with E-state index in [2.05, 4.69) is 62.1 Å². The van der Waals surface area contributed by atoms with Crippen LogP contribution in [0.4, 0.5) is 0 Å². The van der Waals surface area contributed by atoms with Crippen LogP contribution in [0.25, 0.3) is 10.9 Å². The number of carboxylic acid groups (broad SMARTS) is 1. The molecular formula is C35H51N11O9S2. The van der Waals surface area contributed by atoms with Gasteiger partial charge in [0.25, 0.3) is 0 Å². The fraction of sp³-hybridized carbons (Fsp3) is 0.514. The number of guanidine groups is 1. The van der Waals surface area contributed by atoms with E-state index in [1.165, 1.54) is 4.90 Å². The van der Waals surface area contributed by atoms with Crippen LogP contribution in [0, 0.1) is 5.41 Å². The summed E-state index contributed by atoms with van der Waals surface area (Å²) in [6, 6.07) is 1.04. The van der Waals surface area contributed by atoms with Gasteiger partial charge in [-0.1, -0.05) is 18.2 Å². The zero-order valence-electron chi connectivity index (χ0n) is 31.2. The van der Waals surface area contributed by atoms with Crippen LogP contribution < -0.4 is 43.4 Å². The van der Waals surface area contributed by atoms with Gasteiger partial charge in [0.05, 0.1) is 13.0 Å². The number of para-hydroxylation sites is 1. The van der Waals surface area contributed by atoms with Crippen LogP contribution in [-0.4, -0.2) is 130 Å². The average Bonchev–Trinajstić information content (AvgIpc) is 3.82. The third-order valence-electron chi connectivity index (χ3n) is 9.07. The molecule has 1 aromatic carbocycles. The van der Waals surface area contributed by atoms with Crippen molar-refractivity contribution in [1.29, 1.82) is 5.41 Å². The Bertz CT molecular complexity index is 1790. The number of carboxylic acids is 1. The third kappa shape index (κ3) is 14.5. The highest BCUT2D eigenvalue weighted by atomic mass is 32.1. The first-order valence-electron chi connectivity index (χ1n) is 18.3. The Morgan fingerprint density at radius 1 is 0.895 bits per heavy atom. The molecule has 20 nitrogen and oxygen atoms in total. The lowest BCUT2D eigenvalue weighted by molar-refractivity contribution is -0.143. The lowest BCUT2D eigenvalue weighted by Crippen LogP contribution is -2.59. The number of aliphatic carboxylic acids is 1. The molecule has 3 rings (SSSR count). The molecule has 312 valence electrons. The molecule has 0 spiro atoms. The molecule has 1 aliphatic rings. The number of carbonyl (C=O) groups excluding carboxylic acids is 7. The highest BCUT2D eigenvalue weighted by Crippen LogP contribution is 2.23. The average molecular weight is 834 g/mol. The van der Waals surface area contributed by atoms with E-state index in [0.717, 1.165) is 10.9 Å². The van der Waals surface area contributed by atoms with Gasteiger partial charge in [0, 0.05) is 48.8 Å². The van der Waals surface area contributed by atoms with E-state index in [1.807, 2.05) is 18.2 Å². The summed E-state index contributed by atoms with van der Waals surface area (Å²) in [6.07, 6.45) is 2.54. The van der Waals surface area contributed by atoms with Crippen molar-refractivity contribution in [2.45, 2.75) is 81.6 Å². The number of nitrogens with zero attached hydrogens (tertiary/aromatic N) is 1. The van der Waals surface area contributed by atoms with Crippen molar-refractivity contribution in [3.8, 4) is 0 Å². The summed E-state index contributed by atoms with van der Waals surface area (Å²) in [6.45, 7) is -0.187. The summed E-state index contributed by atoms with van der Waals surface area (Å²) in [7, 11) is 0. The third-order valence-corrected chi connectivity index (χ3v) is 9.66. The Morgan fingerprint density at radius 2 is 1.61 bits per heavy atom. The van der Waals surface area contributed by atoms with Crippen molar-refractivity contribution in [2.75, 3.05) is 31.1 Å². The number of aromatic nitrogens is 1.